The van der Waals surface area contributed by atoms with Gasteiger partial charge in [-0.2, -0.15) is 0 Å². The van der Waals surface area contributed by atoms with E-state index in [0.29, 0.717) is 43.8 Å². The van der Waals surface area contributed by atoms with Gasteiger partial charge in [0.05, 0.1) is 30.6 Å². The van der Waals surface area contributed by atoms with E-state index in [9.17, 15) is 13.2 Å². The number of carbonyl (C=O) groups is 1. The van der Waals surface area contributed by atoms with Crippen LogP contribution < -0.4 is 14.4 Å². The van der Waals surface area contributed by atoms with Gasteiger partial charge in [-0.15, -0.1) is 0 Å². The van der Waals surface area contributed by atoms with Gasteiger partial charge in [0.25, 0.3) is 5.91 Å². The number of methoxy groups -OCH3 is 2. The highest BCUT2D eigenvalue weighted by molar-refractivity contribution is 7.90. The zero-order chi connectivity index (χ0) is 33.5. The molecule has 1 N–H and O–H groups in total. The average Bonchev–Trinajstić information content (AvgIpc) is 3.53. The van der Waals surface area contributed by atoms with Crippen LogP contribution in [-0.2, 0) is 36.1 Å². The fraction of sp³-hybridized carbons (Fsp3) is 0.595. The first-order valence-electron chi connectivity index (χ1n) is 17.4. The molecule has 1 saturated heterocycles. The largest absolute Gasteiger partial charge is 0.490 e. The van der Waals surface area contributed by atoms with E-state index in [1.165, 1.54) is 18.2 Å². The van der Waals surface area contributed by atoms with Gasteiger partial charge in [-0.1, -0.05) is 29.8 Å². The molecule has 0 unspecified atom stereocenters. The van der Waals surface area contributed by atoms with Gasteiger partial charge in [-0.3, -0.25) is 4.79 Å². The van der Waals surface area contributed by atoms with Crippen molar-refractivity contribution in [2.45, 2.75) is 86.8 Å². The Morgan fingerprint density at radius 1 is 1.08 bits per heavy atom. The molecule has 1 amide bonds. The minimum atomic E-state index is -4.15. The maximum atomic E-state index is 14.0. The molecule has 3 aliphatic heterocycles. The predicted molar refractivity (Wildman–Crippen MR) is 186 cm³/mol. The molecule has 9 nitrogen and oxygen atoms in total. The van der Waals surface area contributed by atoms with Crippen molar-refractivity contribution >= 4 is 33.2 Å². The van der Waals surface area contributed by atoms with Crippen LogP contribution in [0.4, 0.5) is 5.69 Å². The Hall–Kier alpha value is -2.63. The fourth-order valence-electron chi connectivity index (χ4n) is 8.77. The lowest BCUT2D eigenvalue weighted by Gasteiger charge is -2.46. The van der Waals surface area contributed by atoms with Crippen molar-refractivity contribution in [1.29, 1.82) is 0 Å². The first-order chi connectivity index (χ1) is 23.2. The predicted octanol–water partition coefficient (Wildman–Crippen LogP) is 5.83. The van der Waals surface area contributed by atoms with Crippen LogP contribution in [0.2, 0.25) is 5.02 Å². The molecule has 2 aromatic rings. The summed E-state index contributed by atoms with van der Waals surface area (Å²) in [7, 11) is -0.877. The third-order valence-corrected chi connectivity index (χ3v) is 13.5. The van der Waals surface area contributed by atoms with Crippen molar-refractivity contribution < 1.29 is 32.2 Å². The van der Waals surface area contributed by atoms with Crippen molar-refractivity contribution in [3.05, 3.63) is 70.3 Å². The summed E-state index contributed by atoms with van der Waals surface area (Å²) in [4.78, 5) is 16.2. The minimum absolute atomic E-state index is 0.109. The number of aryl methyl sites for hydroxylation is 1. The third-order valence-electron chi connectivity index (χ3n) is 11.5. The van der Waals surface area contributed by atoms with Gasteiger partial charge in [0.2, 0.25) is 10.0 Å². The summed E-state index contributed by atoms with van der Waals surface area (Å²) in [5, 5.41) is -0.241. The number of hydrogen-bond donors (Lipinski definition) is 1. The second-order valence-electron chi connectivity index (χ2n) is 14.3. The molecule has 2 bridgehead atoms. The Morgan fingerprint density at radius 3 is 2.71 bits per heavy atom. The van der Waals surface area contributed by atoms with Crippen LogP contribution in [0, 0.1) is 11.8 Å². The summed E-state index contributed by atoms with van der Waals surface area (Å²) >= 11 is 6.44. The molecule has 11 heteroatoms. The lowest BCUT2D eigenvalue weighted by Crippen LogP contribution is -2.49. The SMILES string of the molecule is CO[C@H]1/C=C\C[C@@H](OC)[C@H](C[C@@H]2CCCO2)S(=O)(=O)NC(=O)c2ccc3c(c2)N(C[C@@H]2CC[C@H]21)C[C@@]1(CCCc2cc(Cl)ccc21)CO3. The first-order valence-corrected chi connectivity index (χ1v) is 19.3. The smallest absolute Gasteiger partial charge is 0.264 e. The van der Waals surface area contributed by atoms with Gasteiger partial charge < -0.3 is 23.8 Å². The Bertz CT molecular complexity index is 1640. The van der Waals surface area contributed by atoms with E-state index in [2.05, 4.69) is 27.8 Å². The number of amides is 1. The molecule has 0 aromatic heterocycles. The molecule has 7 atom stereocenters. The molecule has 1 spiro atoms. The quantitative estimate of drug-likeness (QED) is 0.399. The normalized spacial score (nSPS) is 33.8. The van der Waals surface area contributed by atoms with Gasteiger partial charge >= 0.3 is 0 Å². The Balaban J connectivity index is 1.28. The molecule has 3 heterocycles. The lowest BCUT2D eigenvalue weighted by molar-refractivity contribution is 0.0128. The molecule has 2 fully saturated rings. The summed E-state index contributed by atoms with van der Waals surface area (Å²) in [6.45, 7) is 2.60. The number of carbonyl (C=O) groups excluding carboxylic acids is 1. The summed E-state index contributed by atoms with van der Waals surface area (Å²) in [5.74, 6) is 0.708. The van der Waals surface area contributed by atoms with E-state index in [4.69, 9.17) is 30.5 Å². The summed E-state index contributed by atoms with van der Waals surface area (Å²) in [5.41, 5.74) is 3.37. The van der Waals surface area contributed by atoms with Gasteiger partial charge in [0.1, 0.15) is 11.0 Å². The maximum absolute atomic E-state index is 14.0. The highest BCUT2D eigenvalue weighted by Crippen LogP contribution is 2.47. The van der Waals surface area contributed by atoms with Gasteiger partial charge in [0.15, 0.2) is 0 Å². The second-order valence-corrected chi connectivity index (χ2v) is 16.6. The van der Waals surface area contributed by atoms with Crippen LogP contribution in [0.3, 0.4) is 0 Å². The number of hydrogen-bond acceptors (Lipinski definition) is 8. The molecule has 260 valence electrons. The molecule has 0 radical (unpaired) electrons. The molecule has 7 rings (SSSR count). The zero-order valence-corrected chi connectivity index (χ0v) is 29.4. The van der Waals surface area contributed by atoms with Crippen LogP contribution >= 0.6 is 11.6 Å². The number of rotatable bonds is 4. The third kappa shape index (κ3) is 6.63. The van der Waals surface area contributed by atoms with Crippen LogP contribution in [0.25, 0.3) is 0 Å². The molecule has 1 saturated carbocycles. The van der Waals surface area contributed by atoms with Gasteiger partial charge in [-0.25, -0.2) is 13.1 Å². The highest BCUT2D eigenvalue weighted by Gasteiger charge is 2.45. The monoisotopic (exact) mass is 698 g/mol. The van der Waals surface area contributed by atoms with Crippen molar-refractivity contribution in [3.63, 3.8) is 0 Å². The highest BCUT2D eigenvalue weighted by atomic mass is 35.5. The van der Waals surface area contributed by atoms with Crippen molar-refractivity contribution in [1.82, 2.24) is 4.72 Å². The number of benzene rings is 2. The summed E-state index contributed by atoms with van der Waals surface area (Å²) in [6.07, 6.45) is 10.5. The number of anilines is 1. The Labute approximate surface area is 289 Å². The number of ether oxygens (including phenoxy) is 4. The molecule has 48 heavy (non-hydrogen) atoms. The molecule has 5 aliphatic rings. The van der Waals surface area contributed by atoms with E-state index in [-0.39, 0.29) is 29.6 Å². The number of halogens is 1. The molecule has 2 aromatic carbocycles. The van der Waals surface area contributed by atoms with E-state index in [0.717, 1.165) is 62.2 Å². The first kappa shape index (κ1) is 33.8. The van der Waals surface area contributed by atoms with Crippen molar-refractivity contribution in [3.8, 4) is 5.75 Å². The van der Waals surface area contributed by atoms with Crippen LogP contribution in [-0.4, -0.2) is 78.4 Å². The summed E-state index contributed by atoms with van der Waals surface area (Å²) < 4.78 is 54.8. The van der Waals surface area contributed by atoms with Crippen molar-refractivity contribution in [2.24, 2.45) is 11.8 Å². The van der Waals surface area contributed by atoms with E-state index in [1.807, 2.05) is 18.2 Å². The number of fused-ring (bicyclic) bond motifs is 4. The van der Waals surface area contributed by atoms with Crippen LogP contribution in [0.1, 0.15) is 72.9 Å². The van der Waals surface area contributed by atoms with E-state index < -0.39 is 27.3 Å². The van der Waals surface area contributed by atoms with Crippen molar-refractivity contribution in [2.75, 3.05) is 45.4 Å². The molecule has 2 aliphatic carbocycles. The number of nitrogens with one attached hydrogen (secondary N) is 1. The molecular weight excluding hydrogens is 652 g/mol. The topological polar surface area (TPSA) is 103 Å². The maximum Gasteiger partial charge on any atom is 0.264 e. The minimum Gasteiger partial charge on any atom is -0.490 e. The van der Waals surface area contributed by atoms with Gasteiger partial charge in [-0.05, 0) is 111 Å². The summed E-state index contributed by atoms with van der Waals surface area (Å²) in [6, 6.07) is 11.5. The second kappa shape index (κ2) is 13.9. The number of nitrogens with zero attached hydrogens (tertiary/aromatic N) is 1. The zero-order valence-electron chi connectivity index (χ0n) is 27.9. The molecular formula is C37H47ClN2O7S. The van der Waals surface area contributed by atoms with E-state index >= 15 is 0 Å². The fourth-order valence-corrected chi connectivity index (χ4v) is 10.6. The Morgan fingerprint density at radius 2 is 1.96 bits per heavy atom. The average molecular weight is 699 g/mol. The number of sulfonamides is 1. The lowest BCUT2D eigenvalue weighted by atomic mass is 9.68. The van der Waals surface area contributed by atoms with Crippen LogP contribution in [0.15, 0.2) is 48.6 Å². The van der Waals surface area contributed by atoms with Gasteiger partial charge in [0, 0.05) is 49.9 Å². The van der Waals surface area contributed by atoms with E-state index in [1.54, 1.807) is 19.2 Å². The Kier molecular flexibility index (Phi) is 9.83. The van der Waals surface area contributed by atoms with Crippen LogP contribution in [0.5, 0.6) is 5.75 Å². The standard InChI is InChI=1S/C37H47ClN2O7S/c1-44-32-8-3-9-34(45-2)35(20-28-7-5-17-46-28)48(42,43)39-36(41)25-11-15-33-31(19-25)40(21-26-10-13-29(26)32)22-37(23-47-33)16-4-6-24-18-27(38)12-14-30(24)37/h3,8,11-12,14-15,18-19,26,28-29,32,34-35H,4-7,9-10,13,16-17,20-23H2,1-2H3,(H,39,41)/b8-3-/t26-,28-,29+,32-,34+,35-,37-/m0/s1.